The Labute approximate surface area is 159 Å². The molecule has 1 atom stereocenters. The van der Waals surface area contributed by atoms with Gasteiger partial charge in [-0.15, -0.1) is 0 Å². The van der Waals surface area contributed by atoms with Crippen molar-refractivity contribution >= 4 is 11.9 Å². The molecule has 2 aromatic rings. The van der Waals surface area contributed by atoms with Gasteiger partial charge < -0.3 is 21.3 Å². The molecule has 0 saturated carbocycles. The van der Waals surface area contributed by atoms with Crippen LogP contribution < -0.4 is 16.4 Å². The first-order valence-corrected chi connectivity index (χ1v) is 9.30. The molecule has 3 rings (SSSR count). The second-order valence-corrected chi connectivity index (χ2v) is 6.74. The molecule has 6 nitrogen and oxygen atoms in total. The molecule has 3 amide bonds. The largest absolute Gasteiger partial charge is 0.354 e. The van der Waals surface area contributed by atoms with E-state index in [-0.39, 0.29) is 24.4 Å². The lowest BCUT2D eigenvalue weighted by molar-refractivity contribution is -0.121. The number of amides is 3. The van der Waals surface area contributed by atoms with E-state index < -0.39 is 0 Å². The minimum Gasteiger partial charge on any atom is -0.354 e. The summed E-state index contributed by atoms with van der Waals surface area (Å²) in [5.41, 5.74) is 9.54. The minimum absolute atomic E-state index is 0.120. The third-order valence-corrected chi connectivity index (χ3v) is 4.79. The Hall–Kier alpha value is -2.86. The summed E-state index contributed by atoms with van der Waals surface area (Å²) in [4.78, 5) is 26.1. The molecule has 0 saturated heterocycles. The second-order valence-electron chi connectivity index (χ2n) is 6.74. The van der Waals surface area contributed by atoms with E-state index in [1.54, 1.807) is 4.90 Å². The molecule has 1 unspecified atom stereocenters. The van der Waals surface area contributed by atoms with Gasteiger partial charge in [-0.25, -0.2) is 4.79 Å². The van der Waals surface area contributed by atoms with Gasteiger partial charge in [-0.2, -0.15) is 0 Å². The lowest BCUT2D eigenvalue weighted by atomic mass is 10.0. The van der Waals surface area contributed by atoms with Crippen molar-refractivity contribution in [2.75, 3.05) is 19.6 Å². The van der Waals surface area contributed by atoms with Crippen LogP contribution in [0.1, 0.15) is 29.2 Å². The van der Waals surface area contributed by atoms with Crippen LogP contribution in [0.4, 0.5) is 4.79 Å². The molecule has 0 fully saturated rings. The van der Waals surface area contributed by atoms with Crippen LogP contribution in [0.2, 0.25) is 0 Å². The summed E-state index contributed by atoms with van der Waals surface area (Å²) in [5.74, 6) is -0.120. The van der Waals surface area contributed by atoms with E-state index in [0.29, 0.717) is 26.2 Å². The summed E-state index contributed by atoms with van der Waals surface area (Å²) >= 11 is 0. The number of carbonyl (C=O) groups excluding carboxylic acids is 2. The van der Waals surface area contributed by atoms with Gasteiger partial charge in [0.05, 0.1) is 0 Å². The smallest absolute Gasteiger partial charge is 0.317 e. The fourth-order valence-corrected chi connectivity index (χ4v) is 3.19. The number of hydrogen-bond donors (Lipinski definition) is 3. The van der Waals surface area contributed by atoms with Crippen molar-refractivity contribution in [2.24, 2.45) is 5.73 Å². The highest BCUT2D eigenvalue weighted by molar-refractivity contribution is 5.78. The number of nitrogens with two attached hydrogens (primary N) is 1. The van der Waals surface area contributed by atoms with Crippen LogP contribution >= 0.6 is 0 Å². The van der Waals surface area contributed by atoms with Crippen molar-refractivity contribution in [3.05, 3.63) is 71.3 Å². The molecule has 27 heavy (non-hydrogen) atoms. The summed E-state index contributed by atoms with van der Waals surface area (Å²) < 4.78 is 0. The van der Waals surface area contributed by atoms with Crippen LogP contribution in [0.15, 0.2) is 54.6 Å². The van der Waals surface area contributed by atoms with Gasteiger partial charge in [-0.05, 0) is 23.1 Å². The van der Waals surface area contributed by atoms with E-state index in [2.05, 4.69) is 22.8 Å². The standard InChI is InChI=1S/C21H26N4O2/c22-19(17-7-2-1-3-8-17)14-24-20(26)10-12-23-21(27)25-13-11-16-6-4-5-9-18(16)15-25/h1-9,19H,10-15,22H2,(H,23,27)(H,24,26). The number of fused-ring (bicyclic) bond motifs is 1. The normalized spacial score (nSPS) is 14.2. The minimum atomic E-state index is -0.238. The average molecular weight is 366 g/mol. The zero-order valence-corrected chi connectivity index (χ0v) is 15.4. The highest BCUT2D eigenvalue weighted by Gasteiger charge is 2.20. The lowest BCUT2D eigenvalue weighted by Crippen LogP contribution is -2.44. The SMILES string of the molecule is NC(CNC(=O)CCNC(=O)N1CCc2ccccc2C1)c1ccccc1. The molecule has 0 bridgehead atoms. The van der Waals surface area contributed by atoms with E-state index >= 15 is 0 Å². The molecule has 1 aliphatic rings. The predicted molar refractivity (Wildman–Crippen MR) is 105 cm³/mol. The lowest BCUT2D eigenvalue weighted by Gasteiger charge is -2.28. The third kappa shape index (κ3) is 5.31. The van der Waals surface area contributed by atoms with Gasteiger partial charge in [0.25, 0.3) is 0 Å². The molecular weight excluding hydrogens is 340 g/mol. The van der Waals surface area contributed by atoms with Gasteiger partial charge in [0.2, 0.25) is 5.91 Å². The molecule has 1 aliphatic heterocycles. The number of benzene rings is 2. The third-order valence-electron chi connectivity index (χ3n) is 4.79. The Balaban J connectivity index is 1.36. The molecule has 142 valence electrons. The molecule has 6 heteroatoms. The number of carbonyl (C=O) groups is 2. The van der Waals surface area contributed by atoms with Crippen LogP contribution in [-0.4, -0.2) is 36.5 Å². The number of hydrogen-bond acceptors (Lipinski definition) is 3. The van der Waals surface area contributed by atoms with Gasteiger partial charge in [0.1, 0.15) is 0 Å². The first-order chi connectivity index (χ1) is 13.1. The van der Waals surface area contributed by atoms with E-state index in [0.717, 1.165) is 12.0 Å². The Morgan fingerprint density at radius 3 is 2.48 bits per heavy atom. The highest BCUT2D eigenvalue weighted by Crippen LogP contribution is 2.18. The fraction of sp³-hybridized carbons (Fsp3) is 0.333. The van der Waals surface area contributed by atoms with E-state index in [1.165, 1.54) is 11.1 Å². The summed E-state index contributed by atoms with van der Waals surface area (Å²) in [5, 5.41) is 5.65. The number of nitrogens with one attached hydrogen (secondary N) is 2. The van der Waals surface area contributed by atoms with Crippen LogP contribution in [0.25, 0.3) is 0 Å². The van der Waals surface area contributed by atoms with Crippen molar-refractivity contribution in [2.45, 2.75) is 25.4 Å². The first kappa shape index (κ1) is 18.9. The summed E-state index contributed by atoms with van der Waals surface area (Å²) in [7, 11) is 0. The zero-order valence-electron chi connectivity index (χ0n) is 15.4. The molecule has 0 aliphatic carbocycles. The molecule has 0 radical (unpaired) electrons. The van der Waals surface area contributed by atoms with Crippen molar-refractivity contribution in [3.8, 4) is 0 Å². The van der Waals surface area contributed by atoms with Gasteiger partial charge in [-0.3, -0.25) is 4.79 Å². The maximum absolute atomic E-state index is 12.3. The topological polar surface area (TPSA) is 87.5 Å². The number of rotatable bonds is 6. The molecule has 2 aromatic carbocycles. The van der Waals surface area contributed by atoms with Crippen LogP contribution in [-0.2, 0) is 17.8 Å². The monoisotopic (exact) mass is 366 g/mol. The second kappa shape index (κ2) is 9.19. The van der Waals surface area contributed by atoms with E-state index in [1.807, 2.05) is 42.5 Å². The summed E-state index contributed by atoms with van der Waals surface area (Å²) in [6, 6.07) is 17.5. The van der Waals surface area contributed by atoms with Gasteiger partial charge in [-0.1, -0.05) is 54.6 Å². The highest BCUT2D eigenvalue weighted by atomic mass is 16.2. The maximum Gasteiger partial charge on any atom is 0.317 e. The summed E-state index contributed by atoms with van der Waals surface area (Å²) in [6.07, 6.45) is 1.10. The van der Waals surface area contributed by atoms with E-state index in [4.69, 9.17) is 5.73 Å². The molecule has 4 N–H and O–H groups in total. The fourth-order valence-electron chi connectivity index (χ4n) is 3.19. The van der Waals surface area contributed by atoms with E-state index in [9.17, 15) is 9.59 Å². The maximum atomic E-state index is 12.3. The number of nitrogens with zero attached hydrogens (tertiary/aromatic N) is 1. The van der Waals surface area contributed by atoms with Gasteiger partial charge >= 0.3 is 6.03 Å². The first-order valence-electron chi connectivity index (χ1n) is 9.30. The Bertz CT molecular complexity index is 779. The average Bonchev–Trinajstić information content (AvgIpc) is 2.72. The van der Waals surface area contributed by atoms with Crippen LogP contribution in [0.3, 0.4) is 0 Å². The molecule has 0 aromatic heterocycles. The van der Waals surface area contributed by atoms with Crippen molar-refractivity contribution < 1.29 is 9.59 Å². The Morgan fingerprint density at radius 1 is 1.00 bits per heavy atom. The van der Waals surface area contributed by atoms with Crippen LogP contribution in [0.5, 0.6) is 0 Å². The Morgan fingerprint density at radius 2 is 1.70 bits per heavy atom. The van der Waals surface area contributed by atoms with Gasteiger partial charge in [0, 0.05) is 38.6 Å². The van der Waals surface area contributed by atoms with Gasteiger partial charge in [0.15, 0.2) is 0 Å². The van der Waals surface area contributed by atoms with Crippen LogP contribution in [0, 0.1) is 0 Å². The number of urea groups is 1. The van der Waals surface area contributed by atoms with Crippen molar-refractivity contribution in [1.29, 1.82) is 0 Å². The zero-order chi connectivity index (χ0) is 19.1. The molecular formula is C21H26N4O2. The predicted octanol–water partition coefficient (Wildman–Crippen LogP) is 1.96. The van der Waals surface area contributed by atoms with Crippen molar-refractivity contribution in [3.63, 3.8) is 0 Å². The quantitative estimate of drug-likeness (QED) is 0.730. The molecule has 1 heterocycles. The molecule has 0 spiro atoms. The van der Waals surface area contributed by atoms with Crippen molar-refractivity contribution in [1.82, 2.24) is 15.5 Å². The Kier molecular flexibility index (Phi) is 6.44. The summed E-state index contributed by atoms with van der Waals surface area (Å²) in [6.45, 7) is 1.99.